The number of thiophene rings is 1. The van der Waals surface area contributed by atoms with Crippen LogP contribution in [0.1, 0.15) is 30.9 Å². The Balaban J connectivity index is 1.70. The lowest BCUT2D eigenvalue weighted by atomic mass is 9.88. The third kappa shape index (κ3) is 2.87. The maximum absolute atomic E-state index is 11.8. The summed E-state index contributed by atoms with van der Waals surface area (Å²) in [5, 5.41) is 0.531. The zero-order chi connectivity index (χ0) is 19.1. The van der Waals surface area contributed by atoms with E-state index < -0.39 is 6.16 Å². The van der Waals surface area contributed by atoms with Crippen LogP contribution in [0.5, 0.6) is 16.6 Å². The number of hydrogen-bond donors (Lipinski definition) is 0. The number of carbonyl (C=O) groups is 1. The highest BCUT2D eigenvalue weighted by Crippen LogP contribution is 2.53. The van der Waals surface area contributed by atoms with E-state index >= 15 is 0 Å². The Morgan fingerprint density at radius 1 is 1.07 bits per heavy atom. The lowest BCUT2D eigenvalue weighted by molar-refractivity contribution is 0.105. The highest BCUT2D eigenvalue weighted by molar-refractivity contribution is 7.18. The molecular weight excluding hydrogens is 372 g/mol. The molecule has 0 radical (unpaired) electrons. The quantitative estimate of drug-likeness (QED) is 0.360. The SMILES string of the molecule is CCOC(=O)Oc1cc2c(s1)-c1ccc3c(c1Oc1ccccc1-2)CCCC3. The Kier molecular flexibility index (Phi) is 4.32. The van der Waals surface area contributed by atoms with Crippen LogP contribution in [0, 0.1) is 0 Å². The van der Waals surface area contributed by atoms with Gasteiger partial charge < -0.3 is 14.2 Å². The molecule has 28 heavy (non-hydrogen) atoms. The molecule has 5 heteroatoms. The monoisotopic (exact) mass is 392 g/mol. The second kappa shape index (κ2) is 6.99. The largest absolute Gasteiger partial charge is 0.514 e. The fourth-order valence-corrected chi connectivity index (χ4v) is 5.06. The number of fused-ring (bicyclic) bond motifs is 7. The third-order valence-corrected chi connectivity index (χ3v) is 6.32. The summed E-state index contributed by atoms with van der Waals surface area (Å²) in [5.41, 5.74) is 5.79. The van der Waals surface area contributed by atoms with Gasteiger partial charge in [0.1, 0.15) is 11.5 Å². The third-order valence-electron chi connectivity index (χ3n) is 5.27. The van der Waals surface area contributed by atoms with Crippen molar-refractivity contribution in [2.45, 2.75) is 32.6 Å². The lowest BCUT2D eigenvalue weighted by Crippen LogP contribution is -2.08. The molecule has 2 aromatic carbocycles. The molecule has 0 spiro atoms. The van der Waals surface area contributed by atoms with E-state index in [1.165, 1.54) is 35.3 Å². The van der Waals surface area contributed by atoms with Crippen LogP contribution in [0.3, 0.4) is 0 Å². The molecule has 2 heterocycles. The fraction of sp³-hybridized carbons (Fsp3) is 0.261. The van der Waals surface area contributed by atoms with Gasteiger partial charge in [0.05, 0.1) is 6.61 Å². The van der Waals surface area contributed by atoms with Gasteiger partial charge in [-0.25, -0.2) is 4.79 Å². The van der Waals surface area contributed by atoms with Crippen LogP contribution in [0.4, 0.5) is 4.79 Å². The molecule has 1 aromatic heterocycles. The van der Waals surface area contributed by atoms with Crippen molar-refractivity contribution >= 4 is 17.5 Å². The van der Waals surface area contributed by atoms with Crippen LogP contribution in [0.2, 0.25) is 0 Å². The molecule has 4 nitrogen and oxygen atoms in total. The minimum atomic E-state index is -0.672. The van der Waals surface area contributed by atoms with Crippen LogP contribution < -0.4 is 9.47 Å². The van der Waals surface area contributed by atoms with Crippen LogP contribution in [0.15, 0.2) is 42.5 Å². The van der Waals surface area contributed by atoms with E-state index in [4.69, 9.17) is 14.2 Å². The van der Waals surface area contributed by atoms with E-state index in [1.54, 1.807) is 6.92 Å². The maximum Gasteiger partial charge on any atom is 0.514 e. The second-order valence-electron chi connectivity index (χ2n) is 6.98. The van der Waals surface area contributed by atoms with Crippen LogP contribution in [-0.2, 0) is 17.6 Å². The molecule has 0 atom stereocenters. The van der Waals surface area contributed by atoms with E-state index in [9.17, 15) is 4.79 Å². The highest BCUT2D eigenvalue weighted by Gasteiger charge is 2.28. The van der Waals surface area contributed by atoms with Crippen molar-refractivity contribution in [1.82, 2.24) is 0 Å². The summed E-state index contributed by atoms with van der Waals surface area (Å²) in [7, 11) is 0. The zero-order valence-corrected chi connectivity index (χ0v) is 16.4. The van der Waals surface area contributed by atoms with Crippen molar-refractivity contribution in [1.29, 1.82) is 0 Å². The first-order valence-electron chi connectivity index (χ1n) is 9.65. The van der Waals surface area contributed by atoms with E-state index in [0.717, 1.165) is 45.9 Å². The summed E-state index contributed by atoms with van der Waals surface area (Å²) in [4.78, 5) is 12.9. The number of aryl methyl sites for hydroxylation is 1. The Labute approximate surface area is 167 Å². The van der Waals surface area contributed by atoms with Gasteiger partial charge in [-0.1, -0.05) is 35.6 Å². The summed E-state index contributed by atoms with van der Waals surface area (Å²) >= 11 is 1.46. The molecule has 0 amide bonds. The Morgan fingerprint density at radius 3 is 2.82 bits per heavy atom. The number of benzene rings is 2. The average molecular weight is 392 g/mol. The molecule has 142 valence electrons. The summed E-state index contributed by atoms with van der Waals surface area (Å²) < 4.78 is 16.8. The summed E-state index contributed by atoms with van der Waals surface area (Å²) in [5.74, 6) is 1.79. The molecule has 0 saturated heterocycles. The molecule has 1 aliphatic heterocycles. The maximum atomic E-state index is 11.8. The second-order valence-corrected chi connectivity index (χ2v) is 7.99. The molecule has 0 saturated carbocycles. The molecule has 5 rings (SSSR count). The van der Waals surface area contributed by atoms with E-state index in [-0.39, 0.29) is 6.61 Å². The van der Waals surface area contributed by atoms with Gasteiger partial charge in [0, 0.05) is 27.6 Å². The number of ether oxygens (including phenoxy) is 3. The molecule has 0 fully saturated rings. The van der Waals surface area contributed by atoms with Crippen molar-refractivity contribution in [3.63, 3.8) is 0 Å². The Bertz CT molecular complexity index is 1070. The molecule has 3 aromatic rings. The van der Waals surface area contributed by atoms with Crippen LogP contribution in [-0.4, -0.2) is 12.8 Å². The normalized spacial score (nSPS) is 13.9. The predicted molar refractivity (Wildman–Crippen MR) is 110 cm³/mol. The van der Waals surface area contributed by atoms with Crippen LogP contribution >= 0.6 is 11.3 Å². The number of hydrogen-bond acceptors (Lipinski definition) is 5. The molecule has 0 bridgehead atoms. The summed E-state index contributed by atoms with van der Waals surface area (Å²) in [6.45, 7) is 2.05. The summed E-state index contributed by atoms with van der Waals surface area (Å²) in [6.07, 6.45) is 3.87. The standard InChI is InChI=1S/C23H20O4S/c1-2-25-23(24)27-20-13-18-16-9-5-6-10-19(16)26-21-15-8-4-3-7-14(15)11-12-17(21)22(18)28-20/h5-6,9-13H,2-4,7-8H2,1H3. The number of para-hydroxylation sites is 1. The van der Waals surface area contributed by atoms with Gasteiger partial charge in [0.15, 0.2) is 5.06 Å². The molecule has 2 aliphatic rings. The minimum Gasteiger partial charge on any atom is -0.456 e. The van der Waals surface area contributed by atoms with E-state index in [2.05, 4.69) is 12.1 Å². The Morgan fingerprint density at radius 2 is 1.93 bits per heavy atom. The van der Waals surface area contributed by atoms with Gasteiger partial charge in [-0.05, 0) is 55.9 Å². The van der Waals surface area contributed by atoms with Crippen molar-refractivity contribution in [3.05, 3.63) is 53.6 Å². The predicted octanol–water partition coefficient (Wildman–Crippen LogP) is 6.60. The molecule has 1 aliphatic carbocycles. The van der Waals surface area contributed by atoms with Gasteiger partial charge in [0.2, 0.25) is 0 Å². The molecule has 0 N–H and O–H groups in total. The smallest absolute Gasteiger partial charge is 0.456 e. The topological polar surface area (TPSA) is 44.8 Å². The van der Waals surface area contributed by atoms with Gasteiger partial charge in [-0.2, -0.15) is 0 Å². The first kappa shape index (κ1) is 17.3. The van der Waals surface area contributed by atoms with Crippen molar-refractivity contribution in [2.75, 3.05) is 6.61 Å². The van der Waals surface area contributed by atoms with E-state index in [0.29, 0.717) is 5.06 Å². The molecular formula is C23H20O4S. The number of rotatable bonds is 2. The lowest BCUT2D eigenvalue weighted by Gasteiger charge is -2.21. The van der Waals surface area contributed by atoms with Crippen molar-refractivity contribution in [3.8, 4) is 38.1 Å². The number of carbonyl (C=O) groups excluding carboxylic acids is 1. The van der Waals surface area contributed by atoms with Gasteiger partial charge in [0.25, 0.3) is 0 Å². The summed E-state index contributed by atoms with van der Waals surface area (Å²) in [6, 6.07) is 14.3. The van der Waals surface area contributed by atoms with E-state index in [1.807, 2.05) is 30.3 Å². The first-order chi connectivity index (χ1) is 13.7. The Hall–Kier alpha value is -2.79. The van der Waals surface area contributed by atoms with Crippen LogP contribution in [0.25, 0.3) is 21.6 Å². The fourth-order valence-electron chi connectivity index (χ4n) is 4.03. The zero-order valence-electron chi connectivity index (χ0n) is 15.6. The van der Waals surface area contributed by atoms with Gasteiger partial charge in [-0.15, -0.1) is 0 Å². The van der Waals surface area contributed by atoms with Gasteiger partial charge in [-0.3, -0.25) is 0 Å². The highest BCUT2D eigenvalue weighted by atomic mass is 32.1. The first-order valence-corrected chi connectivity index (χ1v) is 10.5. The van der Waals surface area contributed by atoms with Crippen molar-refractivity contribution in [2.24, 2.45) is 0 Å². The van der Waals surface area contributed by atoms with Gasteiger partial charge >= 0.3 is 6.16 Å². The molecule has 0 unspecified atom stereocenters. The van der Waals surface area contributed by atoms with Crippen molar-refractivity contribution < 1.29 is 19.0 Å². The average Bonchev–Trinajstić information content (AvgIpc) is 3.06. The minimum absolute atomic E-state index is 0.287.